The second-order valence-electron chi connectivity index (χ2n) is 9.61. The number of piperidine rings is 1. The summed E-state index contributed by atoms with van der Waals surface area (Å²) in [5.41, 5.74) is 5.34. The van der Waals surface area contributed by atoms with Crippen LogP contribution < -0.4 is 5.32 Å². The van der Waals surface area contributed by atoms with Crippen molar-refractivity contribution in [1.82, 2.24) is 14.5 Å². The van der Waals surface area contributed by atoms with E-state index in [0.717, 1.165) is 65.2 Å². The van der Waals surface area contributed by atoms with E-state index in [9.17, 15) is 4.79 Å². The SMILES string of the molecule is CC(C)c1ccccc1NC(=O)C1CCN(Cc2nc3ccccc3n2-c2cccc(Br)c2)CC1. The molecule has 0 radical (unpaired) electrons. The van der Waals surface area contributed by atoms with Crippen LogP contribution in [0, 0.1) is 5.92 Å². The van der Waals surface area contributed by atoms with Gasteiger partial charge in [-0.05, 0) is 73.8 Å². The topological polar surface area (TPSA) is 50.2 Å². The second kappa shape index (κ2) is 10.3. The fourth-order valence-corrected chi connectivity index (χ4v) is 5.37. The molecule has 35 heavy (non-hydrogen) atoms. The van der Waals surface area contributed by atoms with E-state index in [0.29, 0.717) is 5.92 Å². The number of halogens is 1. The predicted octanol–water partition coefficient (Wildman–Crippen LogP) is 6.76. The number of aromatic nitrogens is 2. The standard InChI is InChI=1S/C29H31BrN4O/c1-20(2)24-10-3-4-11-25(24)32-29(35)21-14-16-33(17-15-21)19-28-31-26-12-5-6-13-27(26)34(28)23-9-7-8-22(30)18-23/h3-13,18,20-21H,14-17,19H2,1-2H3,(H,32,35). The number of hydrogen-bond donors (Lipinski definition) is 1. The molecule has 5 nitrogen and oxygen atoms in total. The molecular weight excluding hydrogens is 500 g/mol. The van der Waals surface area contributed by atoms with Crippen LogP contribution >= 0.6 is 15.9 Å². The third kappa shape index (κ3) is 5.19. The minimum atomic E-state index is 0.0374. The Balaban J connectivity index is 1.29. The van der Waals surface area contributed by atoms with Crippen LogP contribution in [0.4, 0.5) is 5.69 Å². The van der Waals surface area contributed by atoms with Gasteiger partial charge in [0, 0.05) is 21.8 Å². The first kappa shape index (κ1) is 23.8. The molecule has 4 aromatic rings. The van der Waals surface area contributed by atoms with E-state index in [1.165, 1.54) is 5.56 Å². The maximum Gasteiger partial charge on any atom is 0.227 e. The average Bonchev–Trinajstić information content (AvgIpc) is 3.22. The van der Waals surface area contributed by atoms with Gasteiger partial charge in [-0.3, -0.25) is 14.3 Å². The molecule has 3 aromatic carbocycles. The van der Waals surface area contributed by atoms with Crippen LogP contribution in [0.2, 0.25) is 0 Å². The number of amides is 1. The van der Waals surface area contributed by atoms with Gasteiger partial charge in [0.2, 0.25) is 5.91 Å². The number of imidazole rings is 1. The second-order valence-corrected chi connectivity index (χ2v) is 10.5. The fraction of sp³-hybridized carbons (Fsp3) is 0.310. The molecule has 2 heterocycles. The summed E-state index contributed by atoms with van der Waals surface area (Å²) in [5, 5.41) is 3.20. The normalized spacial score (nSPS) is 15.1. The lowest BCUT2D eigenvalue weighted by atomic mass is 9.95. The molecule has 0 saturated carbocycles. The number of likely N-dealkylation sites (tertiary alicyclic amines) is 1. The lowest BCUT2D eigenvalue weighted by Crippen LogP contribution is -2.38. The van der Waals surface area contributed by atoms with Gasteiger partial charge in [-0.25, -0.2) is 4.98 Å². The molecule has 1 aliphatic heterocycles. The summed E-state index contributed by atoms with van der Waals surface area (Å²) in [5.74, 6) is 1.57. The Bertz CT molecular complexity index is 1340. The zero-order valence-electron chi connectivity index (χ0n) is 20.2. The Labute approximate surface area is 215 Å². The first-order valence-electron chi connectivity index (χ1n) is 12.3. The van der Waals surface area contributed by atoms with E-state index in [-0.39, 0.29) is 11.8 Å². The largest absolute Gasteiger partial charge is 0.326 e. The number of anilines is 1. The smallest absolute Gasteiger partial charge is 0.227 e. The molecule has 6 heteroatoms. The van der Waals surface area contributed by atoms with Crippen molar-refractivity contribution in [3.63, 3.8) is 0 Å². The van der Waals surface area contributed by atoms with Crippen LogP contribution in [0.15, 0.2) is 77.3 Å². The van der Waals surface area contributed by atoms with Crippen LogP contribution in [0.5, 0.6) is 0 Å². The van der Waals surface area contributed by atoms with E-state index in [1.54, 1.807) is 0 Å². The number of carbonyl (C=O) groups is 1. The number of carbonyl (C=O) groups excluding carboxylic acids is 1. The molecule has 0 bridgehead atoms. The number of para-hydroxylation sites is 3. The molecule has 1 saturated heterocycles. The van der Waals surface area contributed by atoms with Crippen LogP contribution in [-0.2, 0) is 11.3 Å². The molecule has 180 valence electrons. The van der Waals surface area contributed by atoms with Gasteiger partial charge in [0.25, 0.3) is 0 Å². The van der Waals surface area contributed by atoms with Crippen molar-refractivity contribution in [3.05, 3.63) is 88.7 Å². The summed E-state index contributed by atoms with van der Waals surface area (Å²) < 4.78 is 3.30. The first-order valence-corrected chi connectivity index (χ1v) is 13.1. The maximum atomic E-state index is 13.0. The molecule has 1 amide bonds. The molecule has 5 rings (SSSR count). The minimum Gasteiger partial charge on any atom is -0.326 e. The predicted molar refractivity (Wildman–Crippen MR) is 146 cm³/mol. The van der Waals surface area contributed by atoms with Gasteiger partial charge >= 0.3 is 0 Å². The van der Waals surface area contributed by atoms with Crippen LogP contribution in [0.25, 0.3) is 16.7 Å². The zero-order valence-corrected chi connectivity index (χ0v) is 21.8. The highest BCUT2D eigenvalue weighted by Crippen LogP contribution is 2.28. The monoisotopic (exact) mass is 530 g/mol. The van der Waals surface area contributed by atoms with Crippen molar-refractivity contribution in [3.8, 4) is 5.69 Å². The van der Waals surface area contributed by atoms with Crippen molar-refractivity contribution >= 4 is 38.6 Å². The van der Waals surface area contributed by atoms with Gasteiger partial charge in [0.15, 0.2) is 0 Å². The summed E-state index contributed by atoms with van der Waals surface area (Å²) in [7, 11) is 0. The Hall–Kier alpha value is -2.96. The number of benzene rings is 3. The van der Waals surface area contributed by atoms with Gasteiger partial charge < -0.3 is 5.32 Å². The molecule has 0 unspecified atom stereocenters. The van der Waals surface area contributed by atoms with E-state index < -0.39 is 0 Å². The van der Waals surface area contributed by atoms with Crippen molar-refractivity contribution in [2.24, 2.45) is 5.92 Å². The molecular formula is C29H31BrN4O. The van der Waals surface area contributed by atoms with Crippen LogP contribution in [0.3, 0.4) is 0 Å². The van der Waals surface area contributed by atoms with Gasteiger partial charge in [-0.2, -0.15) is 0 Å². The molecule has 0 spiro atoms. The average molecular weight is 531 g/mol. The highest BCUT2D eigenvalue weighted by atomic mass is 79.9. The zero-order chi connectivity index (χ0) is 24.4. The first-order chi connectivity index (χ1) is 17.0. The van der Waals surface area contributed by atoms with Gasteiger partial charge in [-0.1, -0.05) is 66.2 Å². The summed E-state index contributed by atoms with van der Waals surface area (Å²) in [6.45, 7) is 6.83. The van der Waals surface area contributed by atoms with Gasteiger partial charge in [0.05, 0.1) is 17.6 Å². The quantitative estimate of drug-likeness (QED) is 0.299. The van der Waals surface area contributed by atoms with Gasteiger partial charge in [0.1, 0.15) is 5.82 Å². The number of hydrogen-bond acceptors (Lipinski definition) is 3. The fourth-order valence-electron chi connectivity index (χ4n) is 4.99. The molecule has 1 fully saturated rings. The van der Waals surface area contributed by atoms with E-state index in [4.69, 9.17) is 4.98 Å². The highest BCUT2D eigenvalue weighted by molar-refractivity contribution is 9.10. The van der Waals surface area contributed by atoms with E-state index >= 15 is 0 Å². The summed E-state index contributed by atoms with van der Waals surface area (Å²) in [4.78, 5) is 20.4. The summed E-state index contributed by atoms with van der Waals surface area (Å²) in [6.07, 6.45) is 1.71. The van der Waals surface area contributed by atoms with Gasteiger partial charge in [-0.15, -0.1) is 0 Å². The Morgan fingerprint density at radius 1 is 1.03 bits per heavy atom. The van der Waals surface area contributed by atoms with E-state index in [2.05, 4.69) is 87.0 Å². The molecule has 0 aliphatic carbocycles. The number of fused-ring (bicyclic) bond motifs is 1. The third-order valence-corrected chi connectivity index (χ3v) is 7.35. The highest BCUT2D eigenvalue weighted by Gasteiger charge is 2.27. The number of nitrogens with one attached hydrogen (secondary N) is 1. The summed E-state index contributed by atoms with van der Waals surface area (Å²) in [6, 6.07) is 24.8. The van der Waals surface area contributed by atoms with E-state index in [1.807, 2.05) is 30.3 Å². The van der Waals surface area contributed by atoms with Crippen molar-refractivity contribution in [2.75, 3.05) is 18.4 Å². The third-order valence-electron chi connectivity index (χ3n) is 6.86. The minimum absolute atomic E-state index is 0.0374. The Morgan fingerprint density at radius 3 is 2.54 bits per heavy atom. The molecule has 0 atom stereocenters. The Kier molecular flexibility index (Phi) is 7.02. The molecule has 1 N–H and O–H groups in total. The summed E-state index contributed by atoms with van der Waals surface area (Å²) >= 11 is 3.61. The van der Waals surface area contributed by atoms with Crippen molar-refractivity contribution < 1.29 is 4.79 Å². The maximum absolute atomic E-state index is 13.0. The van der Waals surface area contributed by atoms with Crippen molar-refractivity contribution in [2.45, 2.75) is 39.2 Å². The molecule has 1 aromatic heterocycles. The van der Waals surface area contributed by atoms with Crippen LogP contribution in [0.1, 0.15) is 44.0 Å². The number of nitrogens with zero attached hydrogens (tertiary/aromatic N) is 3. The lowest BCUT2D eigenvalue weighted by molar-refractivity contribution is -0.121. The number of rotatable bonds is 6. The van der Waals surface area contributed by atoms with Crippen molar-refractivity contribution in [1.29, 1.82) is 0 Å². The van der Waals surface area contributed by atoms with Crippen LogP contribution in [-0.4, -0.2) is 33.4 Å². The molecule has 1 aliphatic rings. The Morgan fingerprint density at radius 2 is 1.77 bits per heavy atom. The lowest BCUT2D eigenvalue weighted by Gasteiger charge is -2.31.